The van der Waals surface area contributed by atoms with Gasteiger partial charge in [0.05, 0.1) is 6.10 Å². The molecule has 2 aromatic rings. The van der Waals surface area contributed by atoms with Crippen LogP contribution in [0.25, 0.3) is 6.08 Å². The van der Waals surface area contributed by atoms with Crippen molar-refractivity contribution in [1.82, 2.24) is 0 Å². The summed E-state index contributed by atoms with van der Waals surface area (Å²) in [7, 11) is 0. The maximum Gasteiger partial charge on any atom is 0.248 e. The first-order chi connectivity index (χ1) is 15.0. The molecule has 6 nitrogen and oxygen atoms in total. The first-order valence-electron chi connectivity index (χ1n) is 10.9. The Morgan fingerprint density at radius 1 is 1.16 bits per heavy atom. The Morgan fingerprint density at radius 2 is 1.84 bits per heavy atom. The van der Waals surface area contributed by atoms with E-state index in [-0.39, 0.29) is 23.8 Å². The summed E-state index contributed by atoms with van der Waals surface area (Å²) in [6, 6.07) is 15.4. The Labute approximate surface area is 184 Å². The van der Waals surface area contributed by atoms with Crippen molar-refractivity contribution >= 4 is 29.3 Å². The Bertz CT molecular complexity index is 916. The maximum absolute atomic E-state index is 12.4. The van der Waals surface area contributed by atoms with Gasteiger partial charge in [-0.1, -0.05) is 25.1 Å². The number of rotatable bonds is 8. The third-order valence-electron chi connectivity index (χ3n) is 5.63. The molecule has 0 aliphatic carbocycles. The first-order valence-corrected chi connectivity index (χ1v) is 10.9. The second-order valence-corrected chi connectivity index (χ2v) is 7.91. The minimum atomic E-state index is -0.208. The molecule has 31 heavy (non-hydrogen) atoms. The summed E-state index contributed by atoms with van der Waals surface area (Å²) in [5, 5.41) is 2.89. The van der Waals surface area contributed by atoms with Crippen LogP contribution in [0, 0.1) is 5.92 Å². The lowest BCUT2D eigenvalue weighted by Crippen LogP contribution is -2.38. The van der Waals surface area contributed by atoms with Gasteiger partial charge in [-0.3, -0.25) is 9.59 Å². The lowest BCUT2D eigenvalue weighted by atomic mass is 9.96. The highest BCUT2D eigenvalue weighted by atomic mass is 16.5. The van der Waals surface area contributed by atoms with Gasteiger partial charge in [-0.15, -0.1) is 0 Å². The molecule has 1 fully saturated rings. The molecule has 1 atom stereocenters. The zero-order valence-corrected chi connectivity index (χ0v) is 18.2. The van der Waals surface area contributed by atoms with E-state index in [0.29, 0.717) is 0 Å². The minimum Gasteiger partial charge on any atom is -0.490 e. The molecule has 2 aromatic carbocycles. The predicted octanol–water partition coefficient (Wildman–Crippen LogP) is 4.22. The number of hydrogen-bond donors (Lipinski definition) is 2. The number of carbonyl (C=O) groups is 2. The first kappa shape index (κ1) is 22.4. The lowest BCUT2D eigenvalue weighted by molar-refractivity contribution is -0.122. The molecule has 0 radical (unpaired) electrons. The van der Waals surface area contributed by atoms with Crippen molar-refractivity contribution in [2.75, 3.05) is 23.3 Å². The number of para-hydroxylation sites is 1. The summed E-state index contributed by atoms with van der Waals surface area (Å²) in [6.45, 7) is 5.71. The topological polar surface area (TPSA) is 84.7 Å². The SMILES string of the molecule is CCC(C)Oc1ccccc1/C=C/C(=O)Nc1ccc(N2CCC(C(N)=O)CC2)cc1. The molecule has 1 aliphatic rings. The second-order valence-electron chi connectivity index (χ2n) is 7.91. The Balaban J connectivity index is 1.56. The molecule has 0 bridgehead atoms. The van der Waals surface area contributed by atoms with E-state index < -0.39 is 0 Å². The van der Waals surface area contributed by atoms with Crippen molar-refractivity contribution in [2.24, 2.45) is 11.7 Å². The molecule has 3 N–H and O–H groups in total. The van der Waals surface area contributed by atoms with E-state index in [4.69, 9.17) is 10.5 Å². The van der Waals surface area contributed by atoms with E-state index in [1.165, 1.54) is 6.08 Å². The zero-order chi connectivity index (χ0) is 22.2. The number of ether oxygens (including phenoxy) is 1. The fourth-order valence-electron chi connectivity index (χ4n) is 3.55. The molecule has 0 spiro atoms. The lowest BCUT2D eigenvalue weighted by Gasteiger charge is -2.32. The van der Waals surface area contributed by atoms with Crippen molar-refractivity contribution in [1.29, 1.82) is 0 Å². The number of nitrogens with one attached hydrogen (secondary N) is 1. The third-order valence-corrected chi connectivity index (χ3v) is 5.63. The van der Waals surface area contributed by atoms with Crippen LogP contribution < -0.4 is 20.7 Å². The number of anilines is 2. The van der Waals surface area contributed by atoms with Crippen molar-refractivity contribution in [3.8, 4) is 5.75 Å². The van der Waals surface area contributed by atoms with E-state index in [2.05, 4.69) is 17.1 Å². The van der Waals surface area contributed by atoms with Gasteiger partial charge in [-0.05, 0) is 62.6 Å². The van der Waals surface area contributed by atoms with E-state index in [9.17, 15) is 9.59 Å². The summed E-state index contributed by atoms with van der Waals surface area (Å²) < 4.78 is 5.92. The van der Waals surface area contributed by atoms with Gasteiger partial charge in [0.15, 0.2) is 0 Å². The van der Waals surface area contributed by atoms with Crippen LogP contribution in [-0.2, 0) is 9.59 Å². The predicted molar refractivity (Wildman–Crippen MR) is 125 cm³/mol. The molecule has 1 unspecified atom stereocenters. The zero-order valence-electron chi connectivity index (χ0n) is 18.2. The number of piperidine rings is 1. The Kier molecular flexibility index (Phi) is 7.70. The van der Waals surface area contributed by atoms with Gasteiger partial charge in [0.1, 0.15) is 5.75 Å². The Morgan fingerprint density at radius 3 is 2.48 bits per heavy atom. The molecular weight excluding hydrogens is 390 g/mol. The number of nitrogens with zero attached hydrogens (tertiary/aromatic N) is 1. The minimum absolute atomic E-state index is 0.0256. The third kappa shape index (κ3) is 6.35. The van der Waals surface area contributed by atoms with Gasteiger partial charge >= 0.3 is 0 Å². The average molecular weight is 422 g/mol. The largest absolute Gasteiger partial charge is 0.490 e. The molecule has 1 saturated heterocycles. The molecule has 0 saturated carbocycles. The normalized spacial score (nSPS) is 15.6. The Hall–Kier alpha value is -3.28. The molecule has 1 aliphatic heterocycles. The number of amides is 2. The smallest absolute Gasteiger partial charge is 0.248 e. The van der Waals surface area contributed by atoms with Crippen LogP contribution in [0.4, 0.5) is 11.4 Å². The van der Waals surface area contributed by atoms with Gasteiger partial charge in [0.25, 0.3) is 0 Å². The highest BCUT2D eigenvalue weighted by Crippen LogP contribution is 2.25. The van der Waals surface area contributed by atoms with Gasteiger partial charge in [-0.25, -0.2) is 0 Å². The fourth-order valence-corrected chi connectivity index (χ4v) is 3.55. The molecule has 2 amide bonds. The summed E-state index contributed by atoms with van der Waals surface area (Å²) in [4.78, 5) is 25.9. The number of carbonyl (C=O) groups excluding carboxylic acids is 2. The maximum atomic E-state index is 12.4. The van der Waals surface area contributed by atoms with Crippen LogP contribution in [0.15, 0.2) is 54.6 Å². The molecule has 3 rings (SSSR count). The summed E-state index contributed by atoms with van der Waals surface area (Å²) in [5.41, 5.74) is 8.08. The van der Waals surface area contributed by atoms with Crippen LogP contribution in [0.3, 0.4) is 0 Å². The second kappa shape index (κ2) is 10.7. The standard InChI is InChI=1S/C25H31N3O3/c1-3-18(2)31-23-7-5-4-6-19(23)8-13-24(29)27-21-9-11-22(12-10-21)28-16-14-20(15-17-28)25(26)30/h4-13,18,20H,3,14-17H2,1-2H3,(H2,26,30)(H,27,29)/b13-8+. The van der Waals surface area contributed by atoms with Crippen molar-refractivity contribution < 1.29 is 14.3 Å². The number of nitrogens with two attached hydrogens (primary N) is 1. The van der Waals surface area contributed by atoms with E-state index in [0.717, 1.165) is 55.0 Å². The van der Waals surface area contributed by atoms with Crippen LogP contribution >= 0.6 is 0 Å². The number of hydrogen-bond acceptors (Lipinski definition) is 4. The van der Waals surface area contributed by atoms with Crippen LogP contribution in [0.5, 0.6) is 5.75 Å². The molecule has 164 valence electrons. The van der Waals surface area contributed by atoms with Gasteiger partial charge in [0, 0.05) is 42.0 Å². The van der Waals surface area contributed by atoms with Gasteiger partial charge in [-0.2, -0.15) is 0 Å². The van der Waals surface area contributed by atoms with E-state index >= 15 is 0 Å². The molecule has 0 aromatic heterocycles. The van der Waals surface area contributed by atoms with E-state index in [1.54, 1.807) is 6.08 Å². The summed E-state index contributed by atoms with van der Waals surface area (Å²) >= 11 is 0. The van der Waals surface area contributed by atoms with Crippen molar-refractivity contribution in [3.63, 3.8) is 0 Å². The van der Waals surface area contributed by atoms with Crippen molar-refractivity contribution in [2.45, 2.75) is 39.2 Å². The van der Waals surface area contributed by atoms with Gasteiger partial charge < -0.3 is 20.7 Å². The van der Waals surface area contributed by atoms with E-state index in [1.807, 2.05) is 55.5 Å². The highest BCUT2D eigenvalue weighted by molar-refractivity contribution is 6.02. The molecular formula is C25H31N3O3. The van der Waals surface area contributed by atoms with Crippen LogP contribution in [0.2, 0.25) is 0 Å². The van der Waals surface area contributed by atoms with Crippen LogP contribution in [0.1, 0.15) is 38.7 Å². The molecule has 1 heterocycles. The summed E-state index contributed by atoms with van der Waals surface area (Å²) in [6.07, 6.45) is 5.87. The number of primary amides is 1. The highest BCUT2D eigenvalue weighted by Gasteiger charge is 2.23. The summed E-state index contributed by atoms with van der Waals surface area (Å²) in [5.74, 6) is 0.334. The fraction of sp³-hybridized carbons (Fsp3) is 0.360. The van der Waals surface area contributed by atoms with Crippen LogP contribution in [-0.4, -0.2) is 31.0 Å². The number of benzene rings is 2. The average Bonchev–Trinajstić information content (AvgIpc) is 2.79. The molecule has 6 heteroatoms. The van der Waals surface area contributed by atoms with Crippen molar-refractivity contribution in [3.05, 3.63) is 60.2 Å². The quantitative estimate of drug-likeness (QED) is 0.625. The van der Waals surface area contributed by atoms with Gasteiger partial charge in [0.2, 0.25) is 11.8 Å². The monoisotopic (exact) mass is 421 g/mol.